The summed E-state index contributed by atoms with van der Waals surface area (Å²) in [6, 6.07) is 0. The number of nitrogens with zero attached hydrogens (tertiary/aromatic N) is 1. The highest BCUT2D eigenvalue weighted by molar-refractivity contribution is 5.03. The first-order valence-corrected chi connectivity index (χ1v) is 5.75. The molecule has 82 valence electrons. The molecule has 0 amide bonds. The van der Waals surface area contributed by atoms with Gasteiger partial charge in [0.25, 0.3) is 0 Å². The molecule has 2 heterocycles. The Kier molecular flexibility index (Phi) is 2.20. The molecule has 0 saturated carbocycles. The van der Waals surface area contributed by atoms with Crippen LogP contribution in [0.15, 0.2) is 0 Å². The van der Waals surface area contributed by atoms with Gasteiger partial charge in [-0.1, -0.05) is 13.8 Å². The van der Waals surface area contributed by atoms with Gasteiger partial charge in [-0.3, -0.25) is 9.29 Å². The number of hydrogen-bond donors (Lipinski definition) is 0. The zero-order valence-electron chi connectivity index (χ0n) is 11.2. The van der Waals surface area contributed by atoms with E-state index in [1.54, 1.807) is 0 Å². The molecular weight excluding hydrogens is 177 g/mol. The summed E-state index contributed by atoms with van der Waals surface area (Å²) in [6.07, 6.45) is 1.46. The normalized spacial score (nSPS) is 41.3. The Bertz CT molecular complexity index is 270. The van der Waals surface area contributed by atoms with Crippen molar-refractivity contribution < 1.29 is 7.13 Å². The van der Waals surface area contributed by atoms with E-state index in [4.69, 9.17) is 2.74 Å². The lowest BCUT2D eigenvalue weighted by molar-refractivity contribution is 0.163. The van der Waals surface area contributed by atoms with Crippen LogP contribution in [0.3, 0.4) is 0 Å². The van der Waals surface area contributed by atoms with Crippen molar-refractivity contribution in [1.82, 2.24) is 4.90 Å². The highest BCUT2D eigenvalue weighted by atomic mass is 19.1. The van der Waals surface area contributed by atoms with E-state index in [2.05, 4.69) is 4.90 Å². The summed E-state index contributed by atoms with van der Waals surface area (Å²) in [6.45, 7) is 5.28. The van der Waals surface area contributed by atoms with E-state index in [-0.39, 0.29) is 24.0 Å². The second kappa shape index (κ2) is 3.80. The van der Waals surface area contributed by atoms with E-state index in [0.717, 1.165) is 25.9 Å². The quantitative estimate of drug-likeness (QED) is 0.678. The topological polar surface area (TPSA) is 3.24 Å². The van der Waals surface area contributed by atoms with Gasteiger partial charge in [0.1, 0.15) is 0 Å². The summed E-state index contributed by atoms with van der Waals surface area (Å²) in [5, 5.41) is 0. The van der Waals surface area contributed by atoms with Crippen LogP contribution in [0, 0.1) is 11.8 Å². The van der Waals surface area contributed by atoms with E-state index in [0.29, 0.717) is 6.42 Å². The van der Waals surface area contributed by atoms with Gasteiger partial charge in [-0.15, -0.1) is 0 Å². The SMILES string of the molecule is [2H]C([2H])(C(C)C)[C@@]12CCCN1C[C@H](CF)C2. The molecule has 0 N–H and O–H groups in total. The van der Waals surface area contributed by atoms with E-state index in [1.807, 2.05) is 13.8 Å². The molecule has 0 aromatic carbocycles. The summed E-state index contributed by atoms with van der Waals surface area (Å²) in [5.74, 6) is 0.0422. The molecule has 0 unspecified atom stereocenters. The molecule has 0 radical (unpaired) electrons. The summed E-state index contributed by atoms with van der Waals surface area (Å²) < 4.78 is 29.5. The molecule has 2 fully saturated rings. The maximum atomic E-state index is 12.8. The Balaban J connectivity index is 2.28. The number of halogens is 1. The minimum atomic E-state index is -1.20. The van der Waals surface area contributed by atoms with Gasteiger partial charge in [0.05, 0.1) is 6.67 Å². The third-order valence-corrected chi connectivity index (χ3v) is 3.50. The third-order valence-electron chi connectivity index (χ3n) is 3.50. The lowest BCUT2D eigenvalue weighted by Crippen LogP contribution is -2.39. The Labute approximate surface area is 89.5 Å². The van der Waals surface area contributed by atoms with Gasteiger partial charge in [-0.25, -0.2) is 0 Å². The van der Waals surface area contributed by atoms with Gasteiger partial charge in [0.15, 0.2) is 0 Å². The lowest BCUT2D eigenvalue weighted by atomic mass is 9.83. The fourth-order valence-corrected chi connectivity index (χ4v) is 3.15. The minimum absolute atomic E-state index is 0.00791. The monoisotopic (exact) mass is 201 g/mol. The van der Waals surface area contributed by atoms with Gasteiger partial charge in [0, 0.05) is 20.7 Å². The minimum Gasteiger partial charge on any atom is -0.297 e. The largest absolute Gasteiger partial charge is 0.297 e. The average molecular weight is 201 g/mol. The maximum Gasteiger partial charge on any atom is 0.0935 e. The van der Waals surface area contributed by atoms with E-state index >= 15 is 0 Å². The standard InChI is InChI=1S/C12H22FN/c1-10(2)6-12-4-3-5-14(12)9-11(7-12)8-13/h10-11H,3-9H2,1-2H3/t11-,12+/m0/s1/i6D2. The van der Waals surface area contributed by atoms with Gasteiger partial charge in [0.2, 0.25) is 0 Å². The van der Waals surface area contributed by atoms with Gasteiger partial charge in [-0.05, 0) is 38.1 Å². The molecule has 2 rings (SSSR count). The average Bonchev–Trinajstić information content (AvgIpc) is 2.73. The van der Waals surface area contributed by atoms with Crippen LogP contribution in [-0.2, 0) is 0 Å². The fourth-order valence-electron chi connectivity index (χ4n) is 3.15. The predicted octanol–water partition coefficient (Wildman–Crippen LogP) is 2.86. The van der Waals surface area contributed by atoms with Crippen molar-refractivity contribution in [2.45, 2.75) is 45.0 Å². The van der Waals surface area contributed by atoms with Crippen LogP contribution in [0.5, 0.6) is 0 Å². The Morgan fingerprint density at radius 2 is 2.43 bits per heavy atom. The number of hydrogen-bond acceptors (Lipinski definition) is 1. The van der Waals surface area contributed by atoms with E-state index in [1.165, 1.54) is 0 Å². The van der Waals surface area contributed by atoms with Crippen LogP contribution in [0.2, 0.25) is 0 Å². The van der Waals surface area contributed by atoms with Crippen LogP contribution < -0.4 is 0 Å². The summed E-state index contributed by atoms with van der Waals surface area (Å²) in [7, 11) is 0. The summed E-state index contributed by atoms with van der Waals surface area (Å²) >= 11 is 0. The molecule has 2 atom stereocenters. The van der Waals surface area contributed by atoms with Gasteiger partial charge >= 0.3 is 0 Å². The molecule has 14 heavy (non-hydrogen) atoms. The number of rotatable bonds is 3. The van der Waals surface area contributed by atoms with Crippen LogP contribution in [-0.4, -0.2) is 30.2 Å². The molecule has 2 aliphatic rings. The van der Waals surface area contributed by atoms with Crippen molar-refractivity contribution in [2.24, 2.45) is 11.8 Å². The summed E-state index contributed by atoms with van der Waals surface area (Å²) in [4.78, 5) is 2.22. The third kappa shape index (κ3) is 1.69. The fraction of sp³-hybridized carbons (Fsp3) is 1.00. The first-order chi connectivity index (χ1) is 7.44. The van der Waals surface area contributed by atoms with E-state index in [9.17, 15) is 4.39 Å². The van der Waals surface area contributed by atoms with Crippen molar-refractivity contribution in [2.75, 3.05) is 19.8 Å². The Morgan fingerprint density at radius 1 is 1.64 bits per heavy atom. The molecule has 0 bridgehead atoms. The van der Waals surface area contributed by atoms with E-state index < -0.39 is 6.37 Å². The van der Waals surface area contributed by atoms with Crippen molar-refractivity contribution in [3.05, 3.63) is 0 Å². The molecule has 0 spiro atoms. The smallest absolute Gasteiger partial charge is 0.0935 e. The van der Waals surface area contributed by atoms with Crippen molar-refractivity contribution in [3.8, 4) is 0 Å². The van der Waals surface area contributed by atoms with Crippen molar-refractivity contribution in [3.63, 3.8) is 0 Å². The highest BCUT2D eigenvalue weighted by Gasteiger charge is 2.47. The van der Waals surface area contributed by atoms with Crippen LogP contribution in [0.25, 0.3) is 0 Å². The summed E-state index contributed by atoms with van der Waals surface area (Å²) in [5.41, 5.74) is -0.377. The molecule has 0 aromatic heterocycles. The van der Waals surface area contributed by atoms with Crippen molar-refractivity contribution >= 4 is 0 Å². The first kappa shape index (κ1) is 8.09. The van der Waals surface area contributed by atoms with Gasteiger partial charge in [-0.2, -0.15) is 0 Å². The number of fused-ring (bicyclic) bond motifs is 1. The second-order valence-corrected chi connectivity index (χ2v) is 5.10. The predicted molar refractivity (Wildman–Crippen MR) is 57.1 cm³/mol. The molecule has 2 heteroatoms. The second-order valence-electron chi connectivity index (χ2n) is 5.10. The van der Waals surface area contributed by atoms with Crippen molar-refractivity contribution in [1.29, 1.82) is 0 Å². The number of alkyl halides is 1. The zero-order chi connectivity index (χ0) is 12.0. The molecular formula is C12H22FN. The van der Waals surface area contributed by atoms with Gasteiger partial charge < -0.3 is 0 Å². The molecule has 2 saturated heterocycles. The highest BCUT2D eigenvalue weighted by Crippen LogP contribution is 2.45. The first-order valence-electron chi connectivity index (χ1n) is 6.75. The molecule has 2 aliphatic heterocycles. The van der Waals surface area contributed by atoms with Crippen LogP contribution >= 0.6 is 0 Å². The van der Waals surface area contributed by atoms with Crippen LogP contribution in [0.1, 0.15) is 42.2 Å². The maximum absolute atomic E-state index is 12.8. The van der Waals surface area contributed by atoms with Crippen LogP contribution in [0.4, 0.5) is 4.39 Å². The Morgan fingerprint density at radius 3 is 3.07 bits per heavy atom. The zero-order valence-corrected chi connectivity index (χ0v) is 9.22. The molecule has 0 aliphatic carbocycles. The lowest BCUT2D eigenvalue weighted by Gasteiger charge is -2.33. The molecule has 0 aromatic rings. The molecule has 1 nitrogen and oxygen atoms in total. The Hall–Kier alpha value is -0.110.